The second-order valence-corrected chi connectivity index (χ2v) is 7.12. The van der Waals surface area contributed by atoms with Crippen molar-refractivity contribution in [2.24, 2.45) is 0 Å². The first-order valence-corrected chi connectivity index (χ1v) is 9.83. The predicted molar refractivity (Wildman–Crippen MR) is 112 cm³/mol. The van der Waals surface area contributed by atoms with Gasteiger partial charge in [0, 0.05) is 11.8 Å². The molecule has 0 fully saturated rings. The van der Waals surface area contributed by atoms with E-state index < -0.39 is 6.10 Å². The van der Waals surface area contributed by atoms with E-state index in [0.717, 1.165) is 16.3 Å². The van der Waals surface area contributed by atoms with Crippen molar-refractivity contribution < 1.29 is 19.1 Å². The summed E-state index contributed by atoms with van der Waals surface area (Å²) in [6.07, 6.45) is 3.21. The van der Waals surface area contributed by atoms with Gasteiger partial charge in [0.15, 0.2) is 0 Å². The van der Waals surface area contributed by atoms with Gasteiger partial charge in [0.05, 0.1) is 18.8 Å². The summed E-state index contributed by atoms with van der Waals surface area (Å²) in [6, 6.07) is 20.3. The van der Waals surface area contributed by atoms with Crippen molar-refractivity contribution in [1.29, 1.82) is 0 Å². The van der Waals surface area contributed by atoms with Crippen LogP contribution in [0.5, 0.6) is 5.75 Å². The van der Waals surface area contributed by atoms with Crippen molar-refractivity contribution in [2.45, 2.75) is 19.2 Å². The predicted octanol–water partition coefficient (Wildman–Crippen LogP) is 2.69. The Kier molecular flexibility index (Phi) is 7.61. The molecule has 29 heavy (non-hydrogen) atoms. The summed E-state index contributed by atoms with van der Waals surface area (Å²) < 4.78 is 21.7. The summed E-state index contributed by atoms with van der Waals surface area (Å²) >= 11 is 0. The first kappa shape index (κ1) is 20.8. The summed E-state index contributed by atoms with van der Waals surface area (Å²) in [6.45, 7) is 6.51. The minimum atomic E-state index is -0.597. The van der Waals surface area contributed by atoms with Crippen LogP contribution in [0.4, 0.5) is 4.39 Å². The first-order chi connectivity index (χ1) is 14.2. The topological polar surface area (TPSA) is 38.8 Å². The molecule has 0 aliphatic carbocycles. The highest BCUT2D eigenvalue weighted by Crippen LogP contribution is 2.11. The van der Waals surface area contributed by atoms with E-state index in [9.17, 15) is 9.50 Å². The van der Waals surface area contributed by atoms with E-state index in [1.165, 1.54) is 6.07 Å². The van der Waals surface area contributed by atoms with Gasteiger partial charge in [-0.3, -0.25) is 0 Å². The van der Waals surface area contributed by atoms with Crippen LogP contribution in [-0.4, -0.2) is 35.5 Å². The normalized spacial score (nSPS) is 13.0. The van der Waals surface area contributed by atoms with Crippen molar-refractivity contribution in [1.82, 2.24) is 4.57 Å². The summed E-state index contributed by atoms with van der Waals surface area (Å²) in [5.74, 6) is 0.548. The number of aromatic nitrogens is 1. The number of hydrogen-bond donors (Lipinski definition) is 2. The lowest BCUT2D eigenvalue weighted by atomic mass is 10.2. The van der Waals surface area contributed by atoms with Crippen LogP contribution in [0, 0.1) is 5.82 Å². The Morgan fingerprint density at radius 1 is 1.07 bits per heavy atom. The minimum Gasteiger partial charge on any atom is -0.491 e. The molecule has 0 spiro atoms. The van der Waals surface area contributed by atoms with Crippen LogP contribution in [0.2, 0.25) is 0 Å². The third kappa shape index (κ3) is 6.31. The molecule has 1 unspecified atom stereocenters. The molecular formula is C24H28FN2O2+. The van der Waals surface area contributed by atoms with Crippen LogP contribution in [0.15, 0.2) is 85.6 Å². The summed E-state index contributed by atoms with van der Waals surface area (Å²) in [5, 5.41) is 10.4. The van der Waals surface area contributed by atoms with E-state index in [0.29, 0.717) is 31.7 Å². The number of hydrogen-bond acceptors (Lipinski definition) is 2. The molecule has 0 radical (unpaired) electrons. The molecule has 3 rings (SSSR count). The fraction of sp³-hybridized carbons (Fsp3) is 0.250. The van der Waals surface area contributed by atoms with Crippen LogP contribution < -0.4 is 9.64 Å². The van der Waals surface area contributed by atoms with Gasteiger partial charge in [0.1, 0.15) is 37.4 Å². The molecule has 3 aromatic rings. The second kappa shape index (κ2) is 10.6. The number of quaternary nitrogens is 1. The van der Waals surface area contributed by atoms with E-state index in [2.05, 4.69) is 6.58 Å². The molecule has 0 saturated carbocycles. The van der Waals surface area contributed by atoms with Crippen molar-refractivity contribution in [3.05, 3.63) is 103 Å². The highest BCUT2D eigenvalue weighted by Gasteiger charge is 2.17. The molecule has 1 aromatic heterocycles. The first-order valence-electron chi connectivity index (χ1n) is 9.83. The lowest BCUT2D eigenvalue weighted by Gasteiger charge is -2.22. The SMILES string of the molecule is C=CC[NH+](Cc1cccn1Cc1ccccc1F)C[C@H](O)COc1ccccc1. The van der Waals surface area contributed by atoms with E-state index >= 15 is 0 Å². The lowest BCUT2D eigenvalue weighted by molar-refractivity contribution is -0.911. The summed E-state index contributed by atoms with van der Waals surface area (Å²) in [5.41, 5.74) is 1.74. The average molecular weight is 395 g/mol. The average Bonchev–Trinajstić information content (AvgIpc) is 3.16. The molecule has 0 aliphatic heterocycles. The molecule has 0 saturated heterocycles. The van der Waals surface area contributed by atoms with Crippen molar-refractivity contribution in [3.63, 3.8) is 0 Å². The molecular weight excluding hydrogens is 367 g/mol. The number of benzene rings is 2. The Balaban J connectivity index is 1.59. The van der Waals surface area contributed by atoms with Gasteiger partial charge in [0.2, 0.25) is 0 Å². The number of halogens is 1. The molecule has 0 amide bonds. The lowest BCUT2D eigenvalue weighted by Crippen LogP contribution is -3.11. The Morgan fingerprint density at radius 3 is 2.59 bits per heavy atom. The number of aliphatic hydroxyl groups excluding tert-OH is 1. The number of nitrogens with one attached hydrogen (secondary N) is 1. The van der Waals surface area contributed by atoms with Gasteiger partial charge in [-0.15, -0.1) is 0 Å². The fourth-order valence-electron chi connectivity index (χ4n) is 3.36. The molecule has 0 bridgehead atoms. The number of rotatable bonds is 11. The van der Waals surface area contributed by atoms with Crippen LogP contribution in [-0.2, 0) is 13.1 Å². The zero-order valence-corrected chi connectivity index (χ0v) is 16.5. The van der Waals surface area contributed by atoms with Gasteiger partial charge >= 0.3 is 0 Å². The van der Waals surface area contributed by atoms with Gasteiger partial charge in [-0.2, -0.15) is 0 Å². The highest BCUT2D eigenvalue weighted by molar-refractivity contribution is 5.21. The molecule has 5 heteroatoms. The van der Waals surface area contributed by atoms with E-state index in [1.807, 2.05) is 65.4 Å². The van der Waals surface area contributed by atoms with Crippen LogP contribution in [0.1, 0.15) is 11.3 Å². The number of para-hydroxylation sites is 1. The number of ether oxygens (including phenoxy) is 1. The largest absolute Gasteiger partial charge is 0.491 e. The molecule has 2 N–H and O–H groups in total. The minimum absolute atomic E-state index is 0.198. The maximum absolute atomic E-state index is 14.0. The maximum Gasteiger partial charge on any atom is 0.137 e. The zero-order valence-electron chi connectivity index (χ0n) is 16.5. The summed E-state index contributed by atoms with van der Waals surface area (Å²) in [7, 11) is 0. The van der Waals surface area contributed by atoms with Crippen LogP contribution >= 0.6 is 0 Å². The van der Waals surface area contributed by atoms with Gasteiger partial charge in [-0.25, -0.2) is 4.39 Å². The van der Waals surface area contributed by atoms with E-state index in [4.69, 9.17) is 4.74 Å². The second-order valence-electron chi connectivity index (χ2n) is 7.12. The zero-order chi connectivity index (χ0) is 20.5. The van der Waals surface area contributed by atoms with Crippen LogP contribution in [0.25, 0.3) is 0 Å². The Bertz CT molecular complexity index is 895. The Hall–Kier alpha value is -2.89. The van der Waals surface area contributed by atoms with Crippen molar-refractivity contribution in [2.75, 3.05) is 19.7 Å². The van der Waals surface area contributed by atoms with Gasteiger partial charge in [-0.1, -0.05) is 43.0 Å². The molecule has 2 atom stereocenters. The van der Waals surface area contributed by atoms with Gasteiger partial charge in [-0.05, 0) is 36.4 Å². The molecule has 152 valence electrons. The van der Waals surface area contributed by atoms with Gasteiger partial charge < -0.3 is 19.3 Å². The number of aliphatic hydroxyl groups is 1. The standard InChI is InChI=1S/C24H27FN2O2/c1-2-14-26(18-22(28)19-29-23-11-4-3-5-12-23)17-21-10-8-15-27(21)16-20-9-6-7-13-24(20)25/h2-13,15,22,28H,1,14,16-19H2/p+1/t22-/m0/s1. The summed E-state index contributed by atoms with van der Waals surface area (Å²) in [4.78, 5) is 1.16. The van der Waals surface area contributed by atoms with Crippen LogP contribution in [0.3, 0.4) is 0 Å². The Labute approximate surface area is 171 Å². The molecule has 1 heterocycles. The third-order valence-electron chi connectivity index (χ3n) is 4.80. The molecule has 0 aliphatic rings. The smallest absolute Gasteiger partial charge is 0.137 e. The number of nitrogens with zero attached hydrogens (tertiary/aromatic N) is 1. The fourth-order valence-corrected chi connectivity index (χ4v) is 3.36. The van der Waals surface area contributed by atoms with Gasteiger partial charge in [0.25, 0.3) is 0 Å². The van der Waals surface area contributed by atoms with Crippen molar-refractivity contribution >= 4 is 0 Å². The highest BCUT2D eigenvalue weighted by atomic mass is 19.1. The molecule has 4 nitrogen and oxygen atoms in total. The maximum atomic E-state index is 14.0. The van der Waals surface area contributed by atoms with E-state index in [1.54, 1.807) is 12.1 Å². The van der Waals surface area contributed by atoms with Crippen molar-refractivity contribution in [3.8, 4) is 5.75 Å². The molecule has 2 aromatic carbocycles. The van der Waals surface area contributed by atoms with E-state index in [-0.39, 0.29) is 12.4 Å². The monoisotopic (exact) mass is 395 g/mol. The third-order valence-corrected chi connectivity index (χ3v) is 4.80. The Morgan fingerprint density at radius 2 is 1.83 bits per heavy atom. The quantitative estimate of drug-likeness (QED) is 0.490.